The molecule has 0 fully saturated rings. The number of nitrogens with one attached hydrogen (secondary N) is 1. The van der Waals surface area contributed by atoms with Crippen LogP contribution in [0.2, 0.25) is 0 Å². The Morgan fingerprint density at radius 3 is 3.00 bits per heavy atom. The highest BCUT2D eigenvalue weighted by atomic mass is 14.9. The van der Waals surface area contributed by atoms with Crippen LogP contribution in [0.15, 0.2) is 6.20 Å². The van der Waals surface area contributed by atoms with Crippen molar-refractivity contribution in [2.45, 2.75) is 58.4 Å². The van der Waals surface area contributed by atoms with E-state index < -0.39 is 0 Å². The molecule has 0 bridgehead atoms. The quantitative estimate of drug-likeness (QED) is 0.813. The summed E-state index contributed by atoms with van der Waals surface area (Å²) < 4.78 is 0. The molecule has 0 spiro atoms. The Bertz CT molecular complexity index is 362. The van der Waals surface area contributed by atoms with Gasteiger partial charge in [0.05, 0.1) is 0 Å². The molecule has 0 aromatic carbocycles. The largest absolute Gasteiger partial charge is 0.310 e. The topological polar surface area (TPSA) is 37.8 Å². The maximum Gasteiger partial charge on any atom is 0.128 e. The monoisotopic (exact) mass is 233 g/mol. The van der Waals surface area contributed by atoms with Crippen LogP contribution < -0.4 is 5.32 Å². The highest BCUT2D eigenvalue weighted by Crippen LogP contribution is 2.27. The summed E-state index contributed by atoms with van der Waals surface area (Å²) in [5.74, 6) is 0.986. The predicted octanol–water partition coefficient (Wildman–Crippen LogP) is 2.81. The van der Waals surface area contributed by atoms with Crippen molar-refractivity contribution in [3.8, 4) is 0 Å². The molecule has 1 N–H and O–H groups in total. The van der Waals surface area contributed by atoms with E-state index in [9.17, 15) is 0 Å². The van der Waals surface area contributed by atoms with Gasteiger partial charge in [0.2, 0.25) is 0 Å². The minimum Gasteiger partial charge on any atom is -0.310 e. The second-order valence-electron chi connectivity index (χ2n) is 4.79. The van der Waals surface area contributed by atoms with Gasteiger partial charge >= 0.3 is 0 Å². The lowest BCUT2D eigenvalue weighted by Gasteiger charge is -2.18. The van der Waals surface area contributed by atoms with Crippen molar-refractivity contribution >= 4 is 0 Å². The van der Waals surface area contributed by atoms with Crippen molar-refractivity contribution in [3.63, 3.8) is 0 Å². The zero-order chi connectivity index (χ0) is 12.1. The van der Waals surface area contributed by atoms with E-state index in [4.69, 9.17) is 4.98 Å². The Hall–Kier alpha value is -0.960. The average molecular weight is 233 g/mol. The Morgan fingerprint density at radius 2 is 2.24 bits per heavy atom. The van der Waals surface area contributed by atoms with Gasteiger partial charge in [-0.2, -0.15) is 0 Å². The van der Waals surface area contributed by atoms with Gasteiger partial charge in [-0.05, 0) is 32.2 Å². The summed E-state index contributed by atoms with van der Waals surface area (Å²) in [7, 11) is 0. The maximum absolute atomic E-state index is 4.70. The predicted molar refractivity (Wildman–Crippen MR) is 70.0 cm³/mol. The molecule has 0 saturated carbocycles. The van der Waals surface area contributed by atoms with Crippen LogP contribution in [0.25, 0.3) is 0 Å². The van der Waals surface area contributed by atoms with E-state index in [1.54, 1.807) is 0 Å². The third-order valence-electron chi connectivity index (χ3n) is 3.44. The smallest absolute Gasteiger partial charge is 0.128 e. The van der Waals surface area contributed by atoms with Gasteiger partial charge in [0.15, 0.2) is 0 Å². The Balaban J connectivity index is 2.22. The lowest BCUT2D eigenvalue weighted by atomic mass is 10.0. The van der Waals surface area contributed by atoms with Gasteiger partial charge in [0.25, 0.3) is 0 Å². The van der Waals surface area contributed by atoms with Gasteiger partial charge in [-0.1, -0.05) is 20.3 Å². The van der Waals surface area contributed by atoms with Crippen molar-refractivity contribution in [2.24, 2.45) is 0 Å². The van der Waals surface area contributed by atoms with Crippen molar-refractivity contribution in [3.05, 3.63) is 23.3 Å². The van der Waals surface area contributed by atoms with Crippen molar-refractivity contribution in [1.82, 2.24) is 15.3 Å². The number of hydrogen-bond acceptors (Lipinski definition) is 3. The second-order valence-corrected chi connectivity index (χ2v) is 4.79. The number of aromatic nitrogens is 2. The molecule has 1 aliphatic carbocycles. The molecular formula is C14H23N3. The second kappa shape index (κ2) is 6.10. The van der Waals surface area contributed by atoms with E-state index in [-0.39, 0.29) is 0 Å². The van der Waals surface area contributed by atoms with E-state index in [0.717, 1.165) is 25.2 Å². The van der Waals surface area contributed by atoms with Gasteiger partial charge in [-0.25, -0.2) is 9.97 Å². The van der Waals surface area contributed by atoms with Gasteiger partial charge < -0.3 is 5.32 Å². The summed E-state index contributed by atoms with van der Waals surface area (Å²) in [5.41, 5.74) is 2.62. The molecule has 0 aliphatic heterocycles. The van der Waals surface area contributed by atoms with Crippen LogP contribution in [0.5, 0.6) is 0 Å². The first-order valence-corrected chi connectivity index (χ1v) is 6.93. The minimum absolute atomic E-state index is 0.471. The Kier molecular flexibility index (Phi) is 4.49. The summed E-state index contributed by atoms with van der Waals surface area (Å²) in [5, 5.41) is 3.62. The fraction of sp³-hybridized carbons (Fsp3) is 0.714. The number of hydrogen-bond donors (Lipinski definition) is 1. The molecule has 0 radical (unpaired) electrons. The van der Waals surface area contributed by atoms with Crippen molar-refractivity contribution in [2.75, 3.05) is 6.54 Å². The van der Waals surface area contributed by atoms with Crippen LogP contribution in [-0.2, 0) is 12.8 Å². The summed E-state index contributed by atoms with van der Waals surface area (Å²) in [6.45, 7) is 5.41. The molecule has 1 atom stereocenters. The molecule has 1 heterocycles. The van der Waals surface area contributed by atoms with Crippen LogP contribution in [0.4, 0.5) is 0 Å². The van der Waals surface area contributed by atoms with E-state index in [0.29, 0.717) is 6.04 Å². The average Bonchev–Trinajstić information content (AvgIpc) is 2.57. The van der Waals surface area contributed by atoms with Crippen LogP contribution in [0.1, 0.15) is 62.7 Å². The molecule has 1 aliphatic rings. The van der Waals surface area contributed by atoms with Crippen LogP contribution in [-0.4, -0.2) is 16.5 Å². The number of aryl methyl sites for hydroxylation is 2. The van der Waals surface area contributed by atoms with E-state index in [2.05, 4.69) is 30.3 Å². The fourth-order valence-electron chi connectivity index (χ4n) is 2.46. The van der Waals surface area contributed by atoms with Crippen LogP contribution in [0, 0.1) is 0 Å². The van der Waals surface area contributed by atoms with Gasteiger partial charge in [-0.15, -0.1) is 0 Å². The number of rotatable bonds is 4. The summed E-state index contributed by atoms with van der Waals surface area (Å²) in [4.78, 5) is 9.16. The third kappa shape index (κ3) is 3.03. The Labute approximate surface area is 104 Å². The third-order valence-corrected chi connectivity index (χ3v) is 3.44. The lowest BCUT2D eigenvalue weighted by Crippen LogP contribution is -2.23. The van der Waals surface area contributed by atoms with E-state index in [1.165, 1.54) is 36.9 Å². The zero-order valence-corrected chi connectivity index (χ0v) is 11.0. The van der Waals surface area contributed by atoms with Crippen LogP contribution >= 0.6 is 0 Å². The first-order valence-electron chi connectivity index (χ1n) is 6.93. The van der Waals surface area contributed by atoms with Gasteiger partial charge in [0.1, 0.15) is 5.82 Å². The number of fused-ring (bicyclic) bond motifs is 1. The highest BCUT2D eigenvalue weighted by molar-refractivity contribution is 5.23. The maximum atomic E-state index is 4.70. The number of nitrogens with zero attached hydrogens (tertiary/aromatic N) is 2. The molecule has 0 amide bonds. The molecule has 1 unspecified atom stereocenters. The summed E-state index contributed by atoms with van der Waals surface area (Å²) in [6, 6.07) is 0.471. The molecule has 3 nitrogen and oxygen atoms in total. The van der Waals surface area contributed by atoms with Gasteiger partial charge in [-0.3, -0.25) is 0 Å². The van der Waals surface area contributed by atoms with Crippen molar-refractivity contribution < 1.29 is 0 Å². The molecule has 17 heavy (non-hydrogen) atoms. The normalized spacial score (nSPS) is 19.8. The van der Waals surface area contributed by atoms with Crippen molar-refractivity contribution in [1.29, 1.82) is 0 Å². The Morgan fingerprint density at radius 1 is 1.35 bits per heavy atom. The molecule has 94 valence electrons. The lowest BCUT2D eigenvalue weighted by molar-refractivity contribution is 0.488. The molecule has 2 rings (SSSR count). The van der Waals surface area contributed by atoms with E-state index in [1.807, 2.05) is 0 Å². The first kappa shape index (κ1) is 12.5. The fourth-order valence-corrected chi connectivity index (χ4v) is 2.46. The van der Waals surface area contributed by atoms with E-state index >= 15 is 0 Å². The van der Waals surface area contributed by atoms with Gasteiger partial charge in [0, 0.05) is 29.9 Å². The molecule has 3 heteroatoms. The zero-order valence-electron chi connectivity index (χ0n) is 11.0. The summed E-state index contributed by atoms with van der Waals surface area (Å²) >= 11 is 0. The molecule has 0 saturated heterocycles. The molecular weight excluding hydrogens is 210 g/mol. The molecule has 1 aromatic heterocycles. The highest BCUT2D eigenvalue weighted by Gasteiger charge is 2.19. The standard InChI is InChI=1S/C14H23N3/c1-3-9-15-12-7-5-6-8-13-11(12)10-16-14(4-2)17-13/h10,12,15H,3-9H2,1-2H3. The minimum atomic E-state index is 0.471. The van der Waals surface area contributed by atoms with Crippen LogP contribution in [0.3, 0.4) is 0 Å². The summed E-state index contributed by atoms with van der Waals surface area (Å²) in [6.07, 6.45) is 9.06. The molecule has 1 aromatic rings. The SMILES string of the molecule is CCCNC1CCCCc2nc(CC)ncc21. The first-order chi connectivity index (χ1) is 8.35.